The molecule has 3 heterocycles. The lowest BCUT2D eigenvalue weighted by Crippen LogP contribution is -2.49. The molecule has 1 fully saturated rings. The Hall–Kier alpha value is -1.62. The average molecular weight is 567 g/mol. The van der Waals surface area contributed by atoms with Gasteiger partial charge in [-0.3, -0.25) is 4.57 Å². The first-order chi connectivity index (χ1) is 19.1. The quantitative estimate of drug-likeness (QED) is 0.118. The molecule has 10 heteroatoms. The first-order valence-electron chi connectivity index (χ1n) is 14.7. The molecule has 0 saturated carbocycles. The minimum absolute atomic E-state index is 0.287. The van der Waals surface area contributed by atoms with Crippen LogP contribution >= 0.6 is 11.6 Å². The van der Waals surface area contributed by atoms with Gasteiger partial charge >= 0.3 is 0 Å². The van der Waals surface area contributed by atoms with Crippen LogP contribution in [0.5, 0.6) is 0 Å². The highest BCUT2D eigenvalue weighted by Crippen LogP contribution is 2.37. The summed E-state index contributed by atoms with van der Waals surface area (Å²) in [6.45, 7) is 15.9. The third kappa shape index (κ3) is 8.68. The van der Waals surface area contributed by atoms with Crippen LogP contribution in [0.25, 0.3) is 11.2 Å². The summed E-state index contributed by atoms with van der Waals surface area (Å²) in [4.78, 5) is 13.0. The second-order valence-electron chi connectivity index (χ2n) is 10.0. The highest BCUT2D eigenvalue weighted by molar-refractivity contribution is 6.33. The topological polar surface area (TPSA) is 89.8 Å². The molecule has 0 aliphatic carbocycles. The Morgan fingerprint density at radius 1 is 0.846 bits per heavy atom. The van der Waals surface area contributed by atoms with Gasteiger partial charge in [0.2, 0.25) is 0 Å². The molecule has 9 nitrogen and oxygen atoms in total. The molecule has 5 atom stereocenters. The van der Waals surface area contributed by atoms with E-state index in [-0.39, 0.29) is 5.15 Å². The Morgan fingerprint density at radius 3 is 2.13 bits per heavy atom. The zero-order valence-electron chi connectivity index (χ0n) is 24.1. The maximum Gasteiger partial charge on any atom is 0.167 e. The van der Waals surface area contributed by atoms with Gasteiger partial charge < -0.3 is 23.7 Å². The van der Waals surface area contributed by atoms with Crippen LogP contribution in [0.1, 0.15) is 85.3 Å². The number of imidazole rings is 1. The molecule has 39 heavy (non-hydrogen) atoms. The van der Waals surface area contributed by atoms with Crippen LogP contribution in [-0.4, -0.2) is 77.0 Å². The van der Waals surface area contributed by atoms with E-state index in [1.807, 2.05) is 4.57 Å². The van der Waals surface area contributed by atoms with Crippen LogP contribution in [-0.2, 0) is 23.7 Å². The minimum Gasteiger partial charge on any atom is -0.379 e. The van der Waals surface area contributed by atoms with Gasteiger partial charge in [0, 0.05) is 32.0 Å². The third-order valence-corrected chi connectivity index (χ3v) is 7.15. The van der Waals surface area contributed by atoms with Gasteiger partial charge in [-0.25, -0.2) is 15.0 Å². The predicted molar refractivity (Wildman–Crippen MR) is 153 cm³/mol. The number of aromatic nitrogens is 4. The van der Waals surface area contributed by atoms with Crippen LogP contribution in [0.4, 0.5) is 0 Å². The Balaban J connectivity index is 2.05. The molecule has 220 valence electrons. The van der Waals surface area contributed by atoms with Gasteiger partial charge in [-0.05, 0) is 25.7 Å². The molecular formula is C29H47ClN4O5. The summed E-state index contributed by atoms with van der Waals surface area (Å²) in [7, 11) is 0. The summed E-state index contributed by atoms with van der Waals surface area (Å²) < 4.78 is 34.4. The monoisotopic (exact) mass is 566 g/mol. The zero-order chi connectivity index (χ0) is 28.0. The largest absolute Gasteiger partial charge is 0.379 e. The summed E-state index contributed by atoms with van der Waals surface area (Å²) in [5, 5.41) is 0.287. The molecule has 0 N–H and O–H groups in total. The van der Waals surface area contributed by atoms with Crippen molar-refractivity contribution in [3.8, 4) is 0 Å². The molecule has 3 rings (SSSR count). The van der Waals surface area contributed by atoms with Crippen molar-refractivity contribution in [2.24, 2.45) is 0 Å². The van der Waals surface area contributed by atoms with E-state index in [9.17, 15) is 0 Å². The molecule has 2 aromatic heterocycles. The standard InChI is InChI=1S/C29H47ClN4O5/c1-6-10-14-35-18-22-25(37-16-12-8-3)26(38-17-13-9-4)24(36-15-11-7-2)21(5)29(39-22)34-20-33-23-27(30)31-19-32-28(23)34/h19-20,22,24-26,29H,5-18H2,1-4H3/t22-,24+,25-,26-,29-/m1/s1. The van der Waals surface area contributed by atoms with Crippen LogP contribution in [0.2, 0.25) is 5.15 Å². The smallest absolute Gasteiger partial charge is 0.167 e. The van der Waals surface area contributed by atoms with Crippen LogP contribution in [0.15, 0.2) is 24.8 Å². The van der Waals surface area contributed by atoms with Gasteiger partial charge in [0.1, 0.15) is 36.3 Å². The fraction of sp³-hybridized carbons (Fsp3) is 0.759. The number of halogens is 1. The summed E-state index contributed by atoms with van der Waals surface area (Å²) >= 11 is 6.33. The van der Waals surface area contributed by atoms with Crippen LogP contribution in [0, 0.1) is 0 Å². The van der Waals surface area contributed by atoms with Crippen molar-refractivity contribution in [2.75, 3.05) is 33.0 Å². The lowest BCUT2D eigenvalue weighted by molar-refractivity contribution is -0.176. The van der Waals surface area contributed by atoms with Crippen LogP contribution in [0.3, 0.4) is 0 Å². The summed E-state index contributed by atoms with van der Waals surface area (Å²) in [6.07, 6.45) is 8.68. The van der Waals surface area contributed by atoms with Gasteiger partial charge in [-0.15, -0.1) is 0 Å². The predicted octanol–water partition coefficient (Wildman–Crippen LogP) is 6.31. The second-order valence-corrected chi connectivity index (χ2v) is 10.4. The van der Waals surface area contributed by atoms with E-state index < -0.39 is 30.6 Å². The maximum atomic E-state index is 6.82. The molecule has 2 aromatic rings. The molecule has 1 saturated heterocycles. The Kier molecular flexibility index (Phi) is 14.1. The SMILES string of the molecule is C=C1[C@H](n2cnc3c(Cl)ncnc32)O[C@H](COCCCC)[C@@H](OCCCC)[C@H](OCCCC)[C@H]1OCCCC. The molecule has 0 amide bonds. The van der Waals surface area contributed by atoms with Gasteiger partial charge in [0.05, 0.1) is 12.9 Å². The molecule has 0 radical (unpaired) electrons. The van der Waals surface area contributed by atoms with E-state index in [0.717, 1.165) is 56.9 Å². The van der Waals surface area contributed by atoms with Crippen molar-refractivity contribution < 1.29 is 23.7 Å². The molecular weight excluding hydrogens is 520 g/mol. The van der Waals surface area contributed by atoms with Crippen molar-refractivity contribution in [2.45, 2.75) is 110 Å². The number of hydrogen-bond donors (Lipinski definition) is 0. The number of nitrogens with zero attached hydrogens (tertiary/aromatic N) is 4. The Labute approximate surface area is 238 Å². The van der Waals surface area contributed by atoms with Gasteiger partial charge in [-0.2, -0.15) is 0 Å². The maximum absolute atomic E-state index is 6.82. The average Bonchev–Trinajstić information content (AvgIpc) is 3.33. The van der Waals surface area contributed by atoms with Crippen LogP contribution < -0.4 is 0 Å². The molecule has 0 unspecified atom stereocenters. The fourth-order valence-electron chi connectivity index (χ4n) is 4.55. The summed E-state index contributed by atoms with van der Waals surface area (Å²) in [5.41, 5.74) is 1.79. The third-order valence-electron chi connectivity index (χ3n) is 6.88. The first-order valence-corrected chi connectivity index (χ1v) is 15.0. The lowest BCUT2D eigenvalue weighted by atomic mass is 9.98. The normalized spacial score (nSPS) is 23.9. The number of fused-ring (bicyclic) bond motifs is 1. The first kappa shape index (κ1) is 31.9. The number of unbranched alkanes of at least 4 members (excludes halogenated alkanes) is 4. The van der Waals surface area contributed by atoms with Gasteiger partial charge in [0.25, 0.3) is 0 Å². The van der Waals surface area contributed by atoms with Crippen molar-refractivity contribution in [3.05, 3.63) is 30.0 Å². The molecule has 0 aromatic carbocycles. The second kappa shape index (κ2) is 17.3. The Bertz CT molecular complexity index is 990. The summed E-state index contributed by atoms with van der Waals surface area (Å²) in [5.74, 6) is 0. The summed E-state index contributed by atoms with van der Waals surface area (Å²) in [6, 6.07) is 0. The number of hydrogen-bond acceptors (Lipinski definition) is 8. The number of rotatable bonds is 18. The van der Waals surface area contributed by atoms with E-state index in [1.165, 1.54) is 6.33 Å². The van der Waals surface area contributed by atoms with Crippen molar-refractivity contribution in [1.82, 2.24) is 19.5 Å². The fourth-order valence-corrected chi connectivity index (χ4v) is 4.73. The minimum atomic E-state index is -0.635. The molecule has 1 aliphatic heterocycles. The van der Waals surface area contributed by atoms with E-state index in [1.54, 1.807) is 6.33 Å². The molecule has 1 aliphatic rings. The Morgan fingerprint density at radius 2 is 1.46 bits per heavy atom. The van der Waals surface area contributed by atoms with Crippen molar-refractivity contribution in [1.29, 1.82) is 0 Å². The van der Waals surface area contributed by atoms with E-state index in [2.05, 4.69) is 49.2 Å². The highest BCUT2D eigenvalue weighted by Gasteiger charge is 2.46. The molecule has 0 bridgehead atoms. The number of ether oxygens (including phenoxy) is 5. The molecule has 0 spiro atoms. The highest BCUT2D eigenvalue weighted by atomic mass is 35.5. The van der Waals surface area contributed by atoms with E-state index >= 15 is 0 Å². The van der Waals surface area contributed by atoms with Crippen molar-refractivity contribution in [3.63, 3.8) is 0 Å². The van der Waals surface area contributed by atoms with E-state index in [0.29, 0.717) is 44.2 Å². The van der Waals surface area contributed by atoms with E-state index in [4.69, 9.17) is 35.3 Å². The lowest BCUT2D eigenvalue weighted by Gasteiger charge is -2.34. The van der Waals surface area contributed by atoms with Gasteiger partial charge in [0.15, 0.2) is 17.0 Å². The van der Waals surface area contributed by atoms with Crippen molar-refractivity contribution >= 4 is 22.8 Å². The van der Waals surface area contributed by atoms with Gasteiger partial charge in [-0.1, -0.05) is 71.6 Å². The zero-order valence-corrected chi connectivity index (χ0v) is 24.9.